The van der Waals surface area contributed by atoms with Crippen molar-refractivity contribution in [3.05, 3.63) is 0 Å². The SMILES string of the molecule is CCCCCCCCCCCC(=O)OC[CH2][Sn]([CH2]CCCCCCC)([CH2]CCCCCCC)[CH2]COC(=O)CCCCCCCCCCC. The summed E-state index contributed by atoms with van der Waals surface area (Å²) in [5.41, 5.74) is 0. The number of rotatable bonds is 40. The molecule has 0 amide bonds. The molecule has 0 aromatic heterocycles. The zero-order chi connectivity index (χ0) is 35.9. The molecular formula is C44H88O4Sn. The number of esters is 2. The minimum atomic E-state index is -2.69. The Kier molecular flexibility index (Phi) is 38.7. The summed E-state index contributed by atoms with van der Waals surface area (Å²) >= 11 is -2.69. The monoisotopic (exact) mass is 801 g/mol. The van der Waals surface area contributed by atoms with Crippen LogP contribution in [-0.4, -0.2) is 43.5 Å². The molecule has 0 aliphatic carbocycles. The number of carbonyl (C=O) groups excluding carboxylic acids is 2. The van der Waals surface area contributed by atoms with Crippen LogP contribution in [0.25, 0.3) is 0 Å². The van der Waals surface area contributed by atoms with Crippen LogP contribution in [0.5, 0.6) is 0 Å². The Hall–Kier alpha value is -0.261. The molecule has 0 rings (SSSR count). The molecule has 0 saturated carbocycles. The standard InChI is InChI=1S/2C14H27O2.2C8H17.Sn/c2*1-3-5-6-7-8-9-10-11-12-13-14(15)16-4-2;2*1-3-5-7-8-6-4-2;/h2*2-13H2,1H3;2*1,3-8H2,2H3;. The van der Waals surface area contributed by atoms with E-state index in [2.05, 4.69) is 27.7 Å². The van der Waals surface area contributed by atoms with Gasteiger partial charge < -0.3 is 0 Å². The van der Waals surface area contributed by atoms with Crippen molar-refractivity contribution in [2.45, 2.75) is 251 Å². The average molecular weight is 800 g/mol. The molecule has 0 saturated heterocycles. The molecule has 0 aromatic carbocycles. The summed E-state index contributed by atoms with van der Waals surface area (Å²) in [6.07, 6.45) is 39.8. The number of unbranched alkanes of at least 4 members (excludes halogenated alkanes) is 26. The molecule has 0 aliphatic heterocycles. The summed E-state index contributed by atoms with van der Waals surface area (Å²) in [5, 5.41) is 0. The second-order valence-electron chi connectivity index (χ2n) is 15.6. The molecule has 0 bridgehead atoms. The van der Waals surface area contributed by atoms with Crippen LogP contribution < -0.4 is 0 Å². The van der Waals surface area contributed by atoms with Gasteiger partial charge in [0.15, 0.2) is 0 Å². The predicted molar refractivity (Wildman–Crippen MR) is 217 cm³/mol. The van der Waals surface area contributed by atoms with Crippen molar-refractivity contribution < 1.29 is 19.1 Å². The molecule has 4 nitrogen and oxygen atoms in total. The number of carbonyl (C=O) groups is 2. The van der Waals surface area contributed by atoms with Crippen LogP contribution in [0.1, 0.15) is 233 Å². The van der Waals surface area contributed by atoms with E-state index < -0.39 is 18.4 Å². The molecule has 49 heavy (non-hydrogen) atoms. The van der Waals surface area contributed by atoms with Gasteiger partial charge in [-0.15, -0.1) is 0 Å². The fourth-order valence-corrected chi connectivity index (χ4v) is 20.4. The Morgan fingerprint density at radius 2 is 0.571 bits per heavy atom. The van der Waals surface area contributed by atoms with Gasteiger partial charge in [0.05, 0.1) is 0 Å². The Labute approximate surface area is 312 Å². The third kappa shape index (κ3) is 34.6. The summed E-state index contributed by atoms with van der Waals surface area (Å²) in [6.45, 7) is 10.3. The first-order valence-corrected chi connectivity index (χ1v) is 30.4. The zero-order valence-corrected chi connectivity index (χ0v) is 36.9. The summed E-state index contributed by atoms with van der Waals surface area (Å²) < 4.78 is 16.8. The zero-order valence-electron chi connectivity index (χ0n) is 34.0. The van der Waals surface area contributed by atoms with Crippen LogP contribution in [0.2, 0.25) is 17.7 Å². The fraction of sp³-hybridized carbons (Fsp3) is 0.955. The van der Waals surface area contributed by atoms with E-state index in [-0.39, 0.29) is 11.9 Å². The van der Waals surface area contributed by atoms with Crippen molar-refractivity contribution in [3.63, 3.8) is 0 Å². The van der Waals surface area contributed by atoms with Crippen molar-refractivity contribution in [2.24, 2.45) is 0 Å². The molecule has 0 atom stereocenters. The maximum atomic E-state index is 12.7. The first-order valence-electron chi connectivity index (χ1n) is 22.3. The molecule has 0 spiro atoms. The second-order valence-corrected chi connectivity index (χ2v) is 29.9. The van der Waals surface area contributed by atoms with E-state index in [9.17, 15) is 9.59 Å². The smallest absolute Gasteiger partial charge is 0.0654 e. The van der Waals surface area contributed by atoms with Crippen molar-refractivity contribution in [1.82, 2.24) is 0 Å². The van der Waals surface area contributed by atoms with Gasteiger partial charge in [-0.1, -0.05) is 39.5 Å². The molecule has 292 valence electrons. The van der Waals surface area contributed by atoms with Crippen LogP contribution in [0.4, 0.5) is 0 Å². The van der Waals surface area contributed by atoms with E-state index in [4.69, 9.17) is 9.47 Å². The van der Waals surface area contributed by atoms with Crippen LogP contribution >= 0.6 is 0 Å². The third-order valence-electron chi connectivity index (χ3n) is 10.9. The van der Waals surface area contributed by atoms with E-state index in [0.717, 1.165) is 34.6 Å². The second kappa shape index (κ2) is 39.0. The van der Waals surface area contributed by atoms with Crippen molar-refractivity contribution >= 4 is 30.3 Å². The Morgan fingerprint density at radius 1 is 0.327 bits per heavy atom. The van der Waals surface area contributed by atoms with Gasteiger partial charge in [0.1, 0.15) is 0 Å². The summed E-state index contributed by atoms with van der Waals surface area (Å²) in [6, 6.07) is 0. The van der Waals surface area contributed by atoms with Gasteiger partial charge in [0, 0.05) is 0 Å². The van der Waals surface area contributed by atoms with E-state index in [1.165, 1.54) is 176 Å². The van der Waals surface area contributed by atoms with Gasteiger partial charge in [-0.3, -0.25) is 0 Å². The topological polar surface area (TPSA) is 52.6 Å². The van der Waals surface area contributed by atoms with Crippen molar-refractivity contribution in [3.8, 4) is 0 Å². The molecule has 0 fully saturated rings. The molecule has 0 heterocycles. The van der Waals surface area contributed by atoms with Crippen molar-refractivity contribution in [1.29, 1.82) is 0 Å². The van der Waals surface area contributed by atoms with E-state index >= 15 is 0 Å². The normalized spacial score (nSPS) is 11.7. The average Bonchev–Trinajstić information content (AvgIpc) is 3.09. The van der Waals surface area contributed by atoms with E-state index in [1.807, 2.05) is 0 Å². The van der Waals surface area contributed by atoms with Gasteiger partial charge in [0.25, 0.3) is 0 Å². The maximum absolute atomic E-state index is 12.7. The molecule has 0 radical (unpaired) electrons. The van der Waals surface area contributed by atoms with Gasteiger partial charge in [0.2, 0.25) is 0 Å². The number of ether oxygens (including phenoxy) is 2. The van der Waals surface area contributed by atoms with E-state index in [1.54, 1.807) is 0 Å². The molecule has 5 heteroatoms. The molecular weight excluding hydrogens is 711 g/mol. The van der Waals surface area contributed by atoms with Crippen LogP contribution in [0.3, 0.4) is 0 Å². The predicted octanol–water partition coefficient (Wildman–Crippen LogP) is 15.1. The molecule has 0 N–H and O–H groups in total. The Bertz CT molecular complexity index is 638. The van der Waals surface area contributed by atoms with E-state index in [0.29, 0.717) is 26.1 Å². The number of hydrogen-bond donors (Lipinski definition) is 0. The minimum Gasteiger partial charge on any atom is -0.0654 e. The first-order chi connectivity index (χ1) is 24.0. The van der Waals surface area contributed by atoms with Gasteiger partial charge in [-0.05, 0) is 0 Å². The minimum absolute atomic E-state index is 0.00894. The van der Waals surface area contributed by atoms with Gasteiger partial charge >= 0.3 is 274 Å². The summed E-state index contributed by atoms with van der Waals surface area (Å²) in [4.78, 5) is 25.4. The van der Waals surface area contributed by atoms with Crippen LogP contribution in [0.15, 0.2) is 0 Å². The number of hydrogen-bond acceptors (Lipinski definition) is 4. The molecule has 0 unspecified atom stereocenters. The molecule has 0 aromatic rings. The van der Waals surface area contributed by atoms with Crippen molar-refractivity contribution in [2.75, 3.05) is 13.2 Å². The van der Waals surface area contributed by atoms with Gasteiger partial charge in [-0.2, -0.15) is 0 Å². The molecule has 0 aliphatic rings. The first kappa shape index (κ1) is 48.7. The Morgan fingerprint density at radius 3 is 0.857 bits per heavy atom. The Balaban J connectivity index is 4.89. The fourth-order valence-electron chi connectivity index (χ4n) is 7.38. The van der Waals surface area contributed by atoms with Crippen LogP contribution in [0, 0.1) is 0 Å². The van der Waals surface area contributed by atoms with Gasteiger partial charge in [-0.25, -0.2) is 0 Å². The summed E-state index contributed by atoms with van der Waals surface area (Å²) in [7, 11) is 0. The third-order valence-corrected chi connectivity index (χ3v) is 26.2. The summed E-state index contributed by atoms with van der Waals surface area (Å²) in [5.74, 6) is 0.0179. The quantitative estimate of drug-likeness (QED) is 0.0352. The van der Waals surface area contributed by atoms with Crippen LogP contribution in [-0.2, 0) is 19.1 Å².